The molecule has 0 radical (unpaired) electrons. The van der Waals surface area contributed by atoms with Gasteiger partial charge in [0.1, 0.15) is 18.2 Å². The summed E-state index contributed by atoms with van der Waals surface area (Å²) in [6.45, 7) is 0.916. The van der Waals surface area contributed by atoms with Crippen molar-refractivity contribution in [3.8, 4) is 16.9 Å². The summed E-state index contributed by atoms with van der Waals surface area (Å²) in [7, 11) is 0. The Bertz CT molecular complexity index is 648. The number of nitrogens with two attached hydrogens (primary N) is 1. The van der Waals surface area contributed by atoms with Crippen molar-refractivity contribution < 1.29 is 9.13 Å². The smallest absolute Gasteiger partial charge is 0.144 e. The molecule has 2 aromatic rings. The van der Waals surface area contributed by atoms with Crippen molar-refractivity contribution in [1.29, 1.82) is 0 Å². The lowest BCUT2D eigenvalue weighted by molar-refractivity contribution is 0.287. The largest absolute Gasteiger partial charge is 0.489 e. The van der Waals surface area contributed by atoms with Gasteiger partial charge in [-0.1, -0.05) is 29.8 Å². The van der Waals surface area contributed by atoms with Crippen LogP contribution in [0.2, 0.25) is 5.02 Å². The van der Waals surface area contributed by atoms with E-state index in [4.69, 9.17) is 22.1 Å². The third-order valence-electron chi connectivity index (χ3n) is 3.30. The second-order valence-corrected chi connectivity index (χ2v) is 5.13. The molecule has 2 aromatic carbocycles. The summed E-state index contributed by atoms with van der Waals surface area (Å²) in [5.74, 6) is 0.328. The standard InChI is InChI=1S/C15H14ClFN2O/c16-9-5-12(11-3-1-2-4-13(11)17)15-14(6-9)20-8-10(7-18)19-15/h1-6,10,19H,7-8,18H2. The van der Waals surface area contributed by atoms with Crippen LogP contribution in [0.3, 0.4) is 0 Å². The summed E-state index contributed by atoms with van der Waals surface area (Å²) in [5.41, 5.74) is 7.57. The Kier molecular flexibility index (Phi) is 3.51. The molecule has 0 bridgehead atoms. The van der Waals surface area contributed by atoms with Crippen LogP contribution in [-0.4, -0.2) is 19.2 Å². The zero-order chi connectivity index (χ0) is 14.1. The third-order valence-corrected chi connectivity index (χ3v) is 3.52. The molecule has 0 aromatic heterocycles. The topological polar surface area (TPSA) is 47.3 Å². The molecule has 20 heavy (non-hydrogen) atoms. The molecule has 3 N–H and O–H groups in total. The lowest BCUT2D eigenvalue weighted by Crippen LogP contribution is -2.37. The van der Waals surface area contributed by atoms with Gasteiger partial charge in [0.15, 0.2) is 0 Å². The van der Waals surface area contributed by atoms with Crippen LogP contribution < -0.4 is 15.8 Å². The molecule has 0 amide bonds. The lowest BCUT2D eigenvalue weighted by Gasteiger charge is -2.28. The first-order valence-corrected chi connectivity index (χ1v) is 6.74. The lowest BCUT2D eigenvalue weighted by atomic mass is 10.0. The van der Waals surface area contributed by atoms with Crippen molar-refractivity contribution >= 4 is 17.3 Å². The number of fused-ring (bicyclic) bond motifs is 1. The van der Waals surface area contributed by atoms with E-state index in [1.807, 2.05) is 0 Å². The minimum absolute atomic E-state index is 0.00852. The van der Waals surface area contributed by atoms with Gasteiger partial charge in [-0.25, -0.2) is 4.39 Å². The number of benzene rings is 2. The van der Waals surface area contributed by atoms with E-state index in [2.05, 4.69) is 5.32 Å². The molecule has 0 aliphatic carbocycles. The average Bonchev–Trinajstić information content (AvgIpc) is 2.46. The van der Waals surface area contributed by atoms with E-state index in [1.54, 1.807) is 30.3 Å². The molecule has 104 valence electrons. The SMILES string of the molecule is NCC1COc2cc(Cl)cc(-c3ccccc3F)c2N1. The number of halogens is 2. The Morgan fingerprint density at radius 1 is 1.30 bits per heavy atom. The Morgan fingerprint density at radius 2 is 2.10 bits per heavy atom. The summed E-state index contributed by atoms with van der Waals surface area (Å²) in [6.07, 6.45) is 0. The molecule has 0 saturated heterocycles. The molecule has 1 unspecified atom stereocenters. The fraction of sp³-hybridized carbons (Fsp3) is 0.200. The van der Waals surface area contributed by atoms with Gasteiger partial charge in [-0.15, -0.1) is 0 Å². The van der Waals surface area contributed by atoms with Gasteiger partial charge < -0.3 is 15.8 Å². The molecule has 1 atom stereocenters. The molecule has 3 rings (SSSR count). The highest BCUT2D eigenvalue weighted by Crippen LogP contribution is 2.41. The van der Waals surface area contributed by atoms with Crippen molar-refractivity contribution in [3.05, 3.63) is 47.2 Å². The van der Waals surface area contributed by atoms with Crippen LogP contribution in [0.1, 0.15) is 0 Å². The Hall–Kier alpha value is -1.78. The second-order valence-electron chi connectivity index (χ2n) is 4.69. The predicted molar refractivity (Wildman–Crippen MR) is 78.8 cm³/mol. The van der Waals surface area contributed by atoms with Gasteiger partial charge in [-0.2, -0.15) is 0 Å². The molecule has 1 aliphatic heterocycles. The number of anilines is 1. The number of nitrogens with one attached hydrogen (secondary N) is 1. The average molecular weight is 293 g/mol. The van der Waals surface area contributed by atoms with Gasteiger partial charge in [-0.05, 0) is 12.1 Å². The number of hydrogen-bond donors (Lipinski definition) is 2. The highest BCUT2D eigenvalue weighted by atomic mass is 35.5. The van der Waals surface area contributed by atoms with Gasteiger partial charge in [0.25, 0.3) is 0 Å². The van der Waals surface area contributed by atoms with Crippen LogP contribution in [0.5, 0.6) is 5.75 Å². The van der Waals surface area contributed by atoms with Gasteiger partial charge in [0.2, 0.25) is 0 Å². The van der Waals surface area contributed by atoms with Gasteiger partial charge in [-0.3, -0.25) is 0 Å². The molecule has 1 aliphatic rings. The molecular formula is C15H14ClFN2O. The first-order chi connectivity index (χ1) is 9.69. The first kappa shape index (κ1) is 13.2. The van der Waals surface area contributed by atoms with Crippen LogP contribution in [0.15, 0.2) is 36.4 Å². The third kappa shape index (κ3) is 2.32. The van der Waals surface area contributed by atoms with E-state index in [1.165, 1.54) is 6.07 Å². The Balaban J connectivity index is 2.16. The van der Waals surface area contributed by atoms with Crippen LogP contribution in [0.4, 0.5) is 10.1 Å². The summed E-state index contributed by atoms with van der Waals surface area (Å²) in [5, 5.41) is 3.80. The maximum absolute atomic E-state index is 14.0. The molecule has 3 nitrogen and oxygen atoms in total. The van der Waals surface area contributed by atoms with Crippen molar-refractivity contribution in [2.24, 2.45) is 5.73 Å². The van der Waals surface area contributed by atoms with Crippen molar-refractivity contribution in [1.82, 2.24) is 0 Å². The fourth-order valence-electron chi connectivity index (χ4n) is 2.30. The Labute approximate surface area is 121 Å². The highest BCUT2D eigenvalue weighted by Gasteiger charge is 2.23. The monoisotopic (exact) mass is 292 g/mol. The van der Waals surface area contributed by atoms with Crippen LogP contribution in [0, 0.1) is 5.82 Å². The molecule has 0 spiro atoms. The van der Waals surface area contributed by atoms with Gasteiger partial charge in [0, 0.05) is 28.8 Å². The van der Waals surface area contributed by atoms with Gasteiger partial charge in [0.05, 0.1) is 11.7 Å². The maximum Gasteiger partial charge on any atom is 0.144 e. The van der Waals surface area contributed by atoms with Crippen molar-refractivity contribution in [2.45, 2.75) is 6.04 Å². The van der Waals surface area contributed by atoms with Crippen LogP contribution >= 0.6 is 11.6 Å². The fourth-order valence-corrected chi connectivity index (χ4v) is 2.51. The van der Waals surface area contributed by atoms with E-state index in [0.717, 1.165) is 5.69 Å². The second kappa shape index (κ2) is 5.31. The van der Waals surface area contributed by atoms with Crippen molar-refractivity contribution in [3.63, 3.8) is 0 Å². The molecule has 5 heteroatoms. The minimum atomic E-state index is -0.298. The highest BCUT2D eigenvalue weighted by molar-refractivity contribution is 6.31. The minimum Gasteiger partial charge on any atom is -0.489 e. The first-order valence-electron chi connectivity index (χ1n) is 6.37. The van der Waals surface area contributed by atoms with Crippen LogP contribution in [-0.2, 0) is 0 Å². The van der Waals surface area contributed by atoms with E-state index in [0.29, 0.717) is 35.1 Å². The van der Waals surface area contributed by atoms with Gasteiger partial charge >= 0.3 is 0 Å². The Morgan fingerprint density at radius 3 is 2.85 bits per heavy atom. The number of rotatable bonds is 2. The van der Waals surface area contributed by atoms with E-state index in [9.17, 15) is 4.39 Å². The van der Waals surface area contributed by atoms with Crippen molar-refractivity contribution in [2.75, 3.05) is 18.5 Å². The summed E-state index contributed by atoms with van der Waals surface area (Å²) in [6, 6.07) is 10.0. The normalized spacial score (nSPS) is 17.1. The number of ether oxygens (including phenoxy) is 1. The van der Waals surface area contributed by atoms with E-state index >= 15 is 0 Å². The summed E-state index contributed by atoms with van der Waals surface area (Å²) >= 11 is 6.10. The molecule has 0 fully saturated rings. The zero-order valence-corrected chi connectivity index (χ0v) is 11.5. The summed E-state index contributed by atoms with van der Waals surface area (Å²) < 4.78 is 19.7. The van der Waals surface area contributed by atoms with E-state index < -0.39 is 0 Å². The zero-order valence-electron chi connectivity index (χ0n) is 10.7. The maximum atomic E-state index is 14.0. The van der Waals surface area contributed by atoms with Crippen LogP contribution in [0.25, 0.3) is 11.1 Å². The summed E-state index contributed by atoms with van der Waals surface area (Å²) in [4.78, 5) is 0. The predicted octanol–water partition coefficient (Wildman–Crippen LogP) is 3.28. The number of hydrogen-bond acceptors (Lipinski definition) is 3. The molecule has 1 heterocycles. The molecule has 0 saturated carbocycles. The van der Waals surface area contributed by atoms with E-state index in [-0.39, 0.29) is 11.9 Å². The quantitative estimate of drug-likeness (QED) is 0.893. The molecular weight excluding hydrogens is 279 g/mol.